The topological polar surface area (TPSA) is 71.3 Å². The largest absolute Gasteiger partial charge is 0.451 e. The molecule has 3 rings (SSSR count). The zero-order valence-corrected chi connectivity index (χ0v) is 13.9. The second kappa shape index (κ2) is 8.11. The molecule has 2 amide bonds. The fourth-order valence-electron chi connectivity index (χ4n) is 2.36. The monoisotopic (exact) mass is 352 g/mol. The maximum absolute atomic E-state index is 12.9. The summed E-state index contributed by atoms with van der Waals surface area (Å²) in [5.74, 6) is -0.286. The fraction of sp³-hybridized carbons (Fsp3) is 0.100. The first-order valence-electron chi connectivity index (χ1n) is 8.11. The van der Waals surface area contributed by atoms with Crippen molar-refractivity contribution < 1.29 is 18.4 Å². The van der Waals surface area contributed by atoms with Crippen molar-refractivity contribution in [2.75, 3.05) is 13.1 Å². The molecule has 1 heterocycles. The molecule has 6 heteroatoms. The van der Waals surface area contributed by atoms with Crippen LogP contribution in [0, 0.1) is 5.82 Å². The molecule has 0 aliphatic rings. The Labute approximate surface area is 149 Å². The smallest absolute Gasteiger partial charge is 0.287 e. The first kappa shape index (κ1) is 17.4. The van der Waals surface area contributed by atoms with Gasteiger partial charge >= 0.3 is 0 Å². The van der Waals surface area contributed by atoms with Crippen molar-refractivity contribution >= 4 is 11.8 Å². The van der Waals surface area contributed by atoms with Gasteiger partial charge < -0.3 is 15.1 Å². The molecular formula is C20H17FN2O3. The van der Waals surface area contributed by atoms with Crippen molar-refractivity contribution in [3.63, 3.8) is 0 Å². The Kier molecular flexibility index (Phi) is 5.43. The number of hydrogen-bond donors (Lipinski definition) is 2. The summed E-state index contributed by atoms with van der Waals surface area (Å²) in [4.78, 5) is 24.0. The van der Waals surface area contributed by atoms with Crippen molar-refractivity contribution in [3.05, 3.63) is 83.9 Å². The highest BCUT2D eigenvalue weighted by atomic mass is 19.1. The molecule has 0 unspecified atom stereocenters. The van der Waals surface area contributed by atoms with E-state index in [0.717, 1.165) is 0 Å². The van der Waals surface area contributed by atoms with E-state index in [1.165, 1.54) is 12.1 Å². The van der Waals surface area contributed by atoms with Gasteiger partial charge in [0.2, 0.25) is 0 Å². The molecule has 132 valence electrons. The predicted molar refractivity (Wildman–Crippen MR) is 95.2 cm³/mol. The summed E-state index contributed by atoms with van der Waals surface area (Å²) in [6.45, 7) is 0.564. The molecule has 1 aromatic heterocycles. The molecule has 0 saturated carbocycles. The Hall–Kier alpha value is -3.41. The van der Waals surface area contributed by atoms with Crippen LogP contribution in [0.25, 0.3) is 11.3 Å². The van der Waals surface area contributed by atoms with Gasteiger partial charge in [-0.2, -0.15) is 0 Å². The second-order valence-corrected chi connectivity index (χ2v) is 5.55. The van der Waals surface area contributed by atoms with E-state index in [2.05, 4.69) is 10.6 Å². The highest BCUT2D eigenvalue weighted by Gasteiger charge is 2.12. The van der Waals surface area contributed by atoms with Gasteiger partial charge in [-0.25, -0.2) is 4.39 Å². The Bertz CT molecular complexity index is 889. The number of carbonyl (C=O) groups excluding carboxylic acids is 2. The van der Waals surface area contributed by atoms with Crippen LogP contribution in [-0.2, 0) is 0 Å². The standard InChI is InChI=1S/C20H17FN2O3/c21-16-8-6-14(7-9-16)17-10-11-18(26-17)20(25)23-13-12-22-19(24)15-4-2-1-3-5-15/h1-11H,12-13H2,(H,22,24)(H,23,25). The van der Waals surface area contributed by atoms with Gasteiger partial charge in [0.05, 0.1) is 0 Å². The van der Waals surface area contributed by atoms with Crippen LogP contribution in [0.2, 0.25) is 0 Å². The Morgan fingerprint density at radius 1 is 0.808 bits per heavy atom. The van der Waals surface area contributed by atoms with E-state index in [9.17, 15) is 14.0 Å². The first-order chi connectivity index (χ1) is 12.6. The number of carbonyl (C=O) groups is 2. The number of furan rings is 1. The van der Waals surface area contributed by atoms with Gasteiger partial charge in [-0.15, -0.1) is 0 Å². The lowest BCUT2D eigenvalue weighted by Gasteiger charge is -2.06. The van der Waals surface area contributed by atoms with Gasteiger partial charge in [-0.05, 0) is 48.5 Å². The highest BCUT2D eigenvalue weighted by Crippen LogP contribution is 2.22. The number of benzene rings is 2. The summed E-state index contributed by atoms with van der Waals surface area (Å²) in [5, 5.41) is 5.39. The molecule has 0 aliphatic heterocycles. The fourth-order valence-corrected chi connectivity index (χ4v) is 2.36. The van der Waals surface area contributed by atoms with Crippen LogP contribution in [-0.4, -0.2) is 24.9 Å². The average Bonchev–Trinajstić information content (AvgIpc) is 3.16. The molecule has 0 radical (unpaired) electrons. The molecule has 0 saturated heterocycles. The van der Waals surface area contributed by atoms with Crippen LogP contribution in [0.1, 0.15) is 20.9 Å². The van der Waals surface area contributed by atoms with Crippen molar-refractivity contribution in [1.82, 2.24) is 10.6 Å². The van der Waals surface area contributed by atoms with Gasteiger partial charge in [-0.1, -0.05) is 18.2 Å². The third-order valence-electron chi connectivity index (χ3n) is 3.69. The zero-order valence-electron chi connectivity index (χ0n) is 13.9. The quantitative estimate of drug-likeness (QED) is 0.669. The SMILES string of the molecule is O=C(NCCNC(=O)c1ccc(-c2ccc(F)cc2)o1)c1ccccc1. The van der Waals surface area contributed by atoms with E-state index in [1.54, 1.807) is 48.5 Å². The lowest BCUT2D eigenvalue weighted by Crippen LogP contribution is -2.34. The third kappa shape index (κ3) is 4.36. The van der Waals surface area contributed by atoms with Gasteiger partial charge in [0, 0.05) is 24.2 Å². The van der Waals surface area contributed by atoms with Crippen molar-refractivity contribution in [2.45, 2.75) is 0 Å². The summed E-state index contributed by atoms with van der Waals surface area (Å²) >= 11 is 0. The molecule has 2 aromatic carbocycles. The highest BCUT2D eigenvalue weighted by molar-refractivity contribution is 5.94. The molecule has 0 spiro atoms. The Balaban J connectivity index is 1.48. The Morgan fingerprint density at radius 3 is 2.15 bits per heavy atom. The number of hydrogen-bond acceptors (Lipinski definition) is 3. The maximum atomic E-state index is 12.9. The minimum atomic E-state index is -0.382. The van der Waals surface area contributed by atoms with Crippen LogP contribution < -0.4 is 10.6 Å². The molecule has 26 heavy (non-hydrogen) atoms. The number of rotatable bonds is 6. The van der Waals surface area contributed by atoms with Gasteiger partial charge in [0.1, 0.15) is 11.6 Å². The normalized spacial score (nSPS) is 10.3. The summed E-state index contributed by atoms with van der Waals surface area (Å²) < 4.78 is 18.4. The van der Waals surface area contributed by atoms with E-state index in [0.29, 0.717) is 23.4 Å². The number of amides is 2. The van der Waals surface area contributed by atoms with Crippen LogP contribution in [0.3, 0.4) is 0 Å². The lowest BCUT2D eigenvalue weighted by molar-refractivity contribution is 0.0911. The van der Waals surface area contributed by atoms with E-state index >= 15 is 0 Å². The number of halogens is 1. The zero-order chi connectivity index (χ0) is 18.4. The molecular weight excluding hydrogens is 335 g/mol. The summed E-state index contributed by atoms with van der Waals surface area (Å²) in [6, 6.07) is 17.8. The number of nitrogens with one attached hydrogen (secondary N) is 2. The van der Waals surface area contributed by atoms with Crippen LogP contribution in [0.4, 0.5) is 4.39 Å². The Morgan fingerprint density at radius 2 is 1.46 bits per heavy atom. The maximum Gasteiger partial charge on any atom is 0.287 e. The minimum absolute atomic E-state index is 0.152. The van der Waals surface area contributed by atoms with Crippen molar-refractivity contribution in [2.24, 2.45) is 0 Å². The van der Waals surface area contributed by atoms with E-state index in [-0.39, 0.29) is 29.9 Å². The average molecular weight is 352 g/mol. The molecule has 3 aromatic rings. The van der Waals surface area contributed by atoms with E-state index in [4.69, 9.17) is 4.42 Å². The van der Waals surface area contributed by atoms with Crippen LogP contribution in [0.15, 0.2) is 71.1 Å². The molecule has 0 bridgehead atoms. The van der Waals surface area contributed by atoms with Crippen LogP contribution in [0.5, 0.6) is 0 Å². The molecule has 0 aliphatic carbocycles. The van der Waals surface area contributed by atoms with Gasteiger partial charge in [-0.3, -0.25) is 9.59 Å². The van der Waals surface area contributed by atoms with Crippen LogP contribution >= 0.6 is 0 Å². The molecule has 0 atom stereocenters. The summed E-state index contributed by atoms with van der Waals surface area (Å²) in [6.07, 6.45) is 0. The van der Waals surface area contributed by atoms with E-state index in [1.807, 2.05) is 6.07 Å². The summed E-state index contributed by atoms with van der Waals surface area (Å²) in [7, 11) is 0. The van der Waals surface area contributed by atoms with Crippen molar-refractivity contribution in [3.8, 4) is 11.3 Å². The van der Waals surface area contributed by atoms with Gasteiger partial charge in [0.25, 0.3) is 11.8 Å². The second-order valence-electron chi connectivity index (χ2n) is 5.55. The van der Waals surface area contributed by atoms with Crippen molar-refractivity contribution in [1.29, 1.82) is 0 Å². The summed E-state index contributed by atoms with van der Waals surface area (Å²) in [5.41, 5.74) is 1.24. The first-order valence-corrected chi connectivity index (χ1v) is 8.11. The predicted octanol–water partition coefficient (Wildman–Crippen LogP) is 3.25. The van der Waals surface area contributed by atoms with E-state index < -0.39 is 0 Å². The molecule has 0 fully saturated rings. The minimum Gasteiger partial charge on any atom is -0.451 e. The van der Waals surface area contributed by atoms with Gasteiger partial charge in [0.15, 0.2) is 5.76 Å². The third-order valence-corrected chi connectivity index (χ3v) is 3.69. The lowest BCUT2D eigenvalue weighted by atomic mass is 10.2. The molecule has 5 nitrogen and oxygen atoms in total. The molecule has 2 N–H and O–H groups in total.